The van der Waals surface area contributed by atoms with E-state index in [-0.39, 0.29) is 0 Å². The molecule has 0 saturated carbocycles. The number of nitrogens with two attached hydrogens (primary N) is 1. The first-order chi connectivity index (χ1) is 6.22. The van der Waals surface area contributed by atoms with Crippen molar-refractivity contribution in [1.29, 1.82) is 0 Å². The Morgan fingerprint density at radius 2 is 2.38 bits per heavy atom. The standard InChI is InChI=1S/C10H13BrN2/c1-13-9(6-12)4-7-2-3-8(11)5-10(7)13/h2-3,5,9H,4,6,12H2,1H3. The highest BCUT2D eigenvalue weighted by Crippen LogP contribution is 2.32. The van der Waals surface area contributed by atoms with Gasteiger partial charge in [0.15, 0.2) is 0 Å². The van der Waals surface area contributed by atoms with E-state index in [0.717, 1.165) is 17.4 Å². The molecule has 0 spiro atoms. The van der Waals surface area contributed by atoms with Gasteiger partial charge in [0.2, 0.25) is 0 Å². The largest absolute Gasteiger partial charge is 0.370 e. The van der Waals surface area contributed by atoms with Crippen LogP contribution in [0.5, 0.6) is 0 Å². The van der Waals surface area contributed by atoms with Crippen LogP contribution in [-0.4, -0.2) is 19.6 Å². The molecular formula is C10H13BrN2. The first-order valence-electron chi connectivity index (χ1n) is 4.43. The Balaban J connectivity index is 2.39. The Hall–Kier alpha value is -0.540. The van der Waals surface area contributed by atoms with Crippen molar-refractivity contribution in [2.24, 2.45) is 5.73 Å². The van der Waals surface area contributed by atoms with Gasteiger partial charge < -0.3 is 10.6 Å². The maximum Gasteiger partial charge on any atom is 0.0450 e. The number of nitrogens with zero attached hydrogens (tertiary/aromatic N) is 1. The molecule has 0 bridgehead atoms. The van der Waals surface area contributed by atoms with Crippen LogP contribution in [-0.2, 0) is 6.42 Å². The van der Waals surface area contributed by atoms with E-state index in [4.69, 9.17) is 5.73 Å². The lowest BCUT2D eigenvalue weighted by Crippen LogP contribution is -2.34. The summed E-state index contributed by atoms with van der Waals surface area (Å²) in [6, 6.07) is 6.89. The van der Waals surface area contributed by atoms with E-state index in [1.807, 2.05) is 0 Å². The lowest BCUT2D eigenvalue weighted by molar-refractivity contribution is 0.675. The molecule has 0 saturated heterocycles. The number of halogens is 1. The Morgan fingerprint density at radius 3 is 3.08 bits per heavy atom. The molecular weight excluding hydrogens is 228 g/mol. The molecule has 2 N–H and O–H groups in total. The fourth-order valence-corrected chi connectivity index (χ4v) is 2.22. The number of hydrogen-bond acceptors (Lipinski definition) is 2. The molecule has 1 heterocycles. The number of likely N-dealkylation sites (N-methyl/N-ethyl adjacent to an activating group) is 1. The second-order valence-corrected chi connectivity index (χ2v) is 4.39. The molecule has 0 radical (unpaired) electrons. The molecule has 0 aromatic heterocycles. The summed E-state index contributed by atoms with van der Waals surface area (Å²) >= 11 is 3.48. The van der Waals surface area contributed by atoms with Gasteiger partial charge in [-0.2, -0.15) is 0 Å². The topological polar surface area (TPSA) is 29.3 Å². The minimum atomic E-state index is 0.476. The van der Waals surface area contributed by atoms with Crippen LogP contribution in [0.4, 0.5) is 5.69 Å². The number of benzene rings is 1. The Morgan fingerprint density at radius 1 is 1.62 bits per heavy atom. The van der Waals surface area contributed by atoms with Gasteiger partial charge in [0.1, 0.15) is 0 Å². The third kappa shape index (κ3) is 1.46. The monoisotopic (exact) mass is 240 g/mol. The number of fused-ring (bicyclic) bond motifs is 1. The van der Waals surface area contributed by atoms with Crippen molar-refractivity contribution < 1.29 is 0 Å². The fourth-order valence-electron chi connectivity index (χ4n) is 1.87. The van der Waals surface area contributed by atoms with Crippen molar-refractivity contribution in [2.75, 3.05) is 18.5 Å². The molecule has 1 aromatic rings. The van der Waals surface area contributed by atoms with Crippen LogP contribution in [0.15, 0.2) is 22.7 Å². The molecule has 0 aliphatic carbocycles. The third-order valence-corrected chi connectivity index (χ3v) is 3.20. The molecule has 0 fully saturated rings. The summed E-state index contributed by atoms with van der Waals surface area (Å²) in [7, 11) is 2.11. The smallest absolute Gasteiger partial charge is 0.0450 e. The fraction of sp³-hybridized carbons (Fsp3) is 0.400. The average molecular weight is 241 g/mol. The van der Waals surface area contributed by atoms with Crippen molar-refractivity contribution in [3.63, 3.8) is 0 Å². The zero-order valence-corrected chi connectivity index (χ0v) is 9.21. The van der Waals surface area contributed by atoms with Gasteiger partial charge in [-0.3, -0.25) is 0 Å². The molecule has 1 aliphatic rings. The van der Waals surface area contributed by atoms with Crippen molar-refractivity contribution in [3.05, 3.63) is 28.2 Å². The second kappa shape index (κ2) is 3.31. The highest BCUT2D eigenvalue weighted by molar-refractivity contribution is 9.10. The predicted octanol–water partition coefficient (Wildman–Crippen LogP) is 1.77. The zero-order valence-electron chi connectivity index (χ0n) is 7.63. The molecule has 2 rings (SSSR count). The maximum atomic E-state index is 5.69. The SMILES string of the molecule is CN1c2cc(Br)ccc2CC1CN. The third-order valence-electron chi connectivity index (χ3n) is 2.70. The van der Waals surface area contributed by atoms with Gasteiger partial charge in [0.25, 0.3) is 0 Å². The van der Waals surface area contributed by atoms with E-state index in [9.17, 15) is 0 Å². The van der Waals surface area contributed by atoms with E-state index in [2.05, 4.69) is 46.1 Å². The number of hydrogen-bond donors (Lipinski definition) is 1. The summed E-state index contributed by atoms with van der Waals surface area (Å²) in [5, 5.41) is 0. The average Bonchev–Trinajstić information content (AvgIpc) is 2.44. The van der Waals surface area contributed by atoms with Gasteiger partial charge in [0.05, 0.1) is 0 Å². The lowest BCUT2D eigenvalue weighted by atomic mass is 10.1. The normalized spacial score (nSPS) is 20.5. The van der Waals surface area contributed by atoms with Crippen LogP contribution in [0.3, 0.4) is 0 Å². The van der Waals surface area contributed by atoms with Gasteiger partial charge >= 0.3 is 0 Å². The molecule has 3 heteroatoms. The summed E-state index contributed by atoms with van der Waals surface area (Å²) in [5.74, 6) is 0. The molecule has 70 valence electrons. The molecule has 1 atom stereocenters. The summed E-state index contributed by atoms with van der Waals surface area (Å²) < 4.78 is 1.13. The Labute approximate surface area is 86.9 Å². The Kier molecular flexibility index (Phi) is 2.30. The molecule has 13 heavy (non-hydrogen) atoms. The van der Waals surface area contributed by atoms with E-state index < -0.39 is 0 Å². The summed E-state index contributed by atoms with van der Waals surface area (Å²) in [5.41, 5.74) is 8.40. The molecule has 1 aromatic carbocycles. The number of anilines is 1. The van der Waals surface area contributed by atoms with Gasteiger partial charge in [-0.15, -0.1) is 0 Å². The van der Waals surface area contributed by atoms with Crippen LogP contribution in [0.2, 0.25) is 0 Å². The van der Waals surface area contributed by atoms with E-state index in [1.54, 1.807) is 0 Å². The van der Waals surface area contributed by atoms with Gasteiger partial charge in [-0.1, -0.05) is 22.0 Å². The molecule has 0 amide bonds. The minimum absolute atomic E-state index is 0.476. The predicted molar refractivity (Wildman–Crippen MR) is 59.1 cm³/mol. The van der Waals surface area contributed by atoms with Gasteiger partial charge in [0, 0.05) is 29.8 Å². The molecule has 2 nitrogen and oxygen atoms in total. The Bertz CT molecular complexity index is 325. The van der Waals surface area contributed by atoms with Crippen molar-refractivity contribution in [3.8, 4) is 0 Å². The van der Waals surface area contributed by atoms with Crippen LogP contribution in [0, 0.1) is 0 Å². The van der Waals surface area contributed by atoms with Crippen LogP contribution in [0.1, 0.15) is 5.56 Å². The maximum absolute atomic E-state index is 5.69. The first-order valence-corrected chi connectivity index (χ1v) is 5.23. The summed E-state index contributed by atoms with van der Waals surface area (Å²) in [6.45, 7) is 0.725. The zero-order chi connectivity index (χ0) is 9.42. The highest BCUT2D eigenvalue weighted by Gasteiger charge is 2.24. The van der Waals surface area contributed by atoms with E-state index in [0.29, 0.717) is 6.04 Å². The summed E-state index contributed by atoms with van der Waals surface area (Å²) in [4.78, 5) is 2.26. The highest BCUT2D eigenvalue weighted by atomic mass is 79.9. The lowest BCUT2D eigenvalue weighted by Gasteiger charge is -2.20. The van der Waals surface area contributed by atoms with Crippen LogP contribution in [0.25, 0.3) is 0 Å². The van der Waals surface area contributed by atoms with Crippen LogP contribution >= 0.6 is 15.9 Å². The minimum Gasteiger partial charge on any atom is -0.370 e. The molecule has 1 unspecified atom stereocenters. The van der Waals surface area contributed by atoms with Crippen molar-refractivity contribution in [1.82, 2.24) is 0 Å². The first kappa shape index (κ1) is 9.03. The quantitative estimate of drug-likeness (QED) is 0.811. The van der Waals surface area contributed by atoms with Gasteiger partial charge in [-0.05, 0) is 24.1 Å². The van der Waals surface area contributed by atoms with Crippen molar-refractivity contribution >= 4 is 21.6 Å². The number of rotatable bonds is 1. The van der Waals surface area contributed by atoms with Crippen LogP contribution < -0.4 is 10.6 Å². The van der Waals surface area contributed by atoms with E-state index in [1.165, 1.54) is 11.3 Å². The molecule has 1 aliphatic heterocycles. The summed E-state index contributed by atoms with van der Waals surface area (Å²) in [6.07, 6.45) is 1.08. The van der Waals surface area contributed by atoms with E-state index >= 15 is 0 Å². The second-order valence-electron chi connectivity index (χ2n) is 3.48. The van der Waals surface area contributed by atoms with Crippen molar-refractivity contribution in [2.45, 2.75) is 12.5 Å². The van der Waals surface area contributed by atoms with Gasteiger partial charge in [-0.25, -0.2) is 0 Å².